The molecule has 0 spiro atoms. The third kappa shape index (κ3) is 4.44. The average Bonchev–Trinajstić information content (AvgIpc) is 2.55. The number of halogens is 1. The molecule has 0 radical (unpaired) electrons. The Labute approximate surface area is 137 Å². The maximum atomic E-state index is 13.8. The summed E-state index contributed by atoms with van der Waals surface area (Å²) in [6.07, 6.45) is 1.50. The lowest BCUT2D eigenvalue weighted by Crippen LogP contribution is -2.52. The van der Waals surface area contributed by atoms with Crippen LogP contribution in [0.25, 0.3) is 0 Å². The van der Waals surface area contributed by atoms with Crippen molar-refractivity contribution in [2.45, 2.75) is 58.2 Å². The van der Waals surface area contributed by atoms with E-state index >= 15 is 0 Å². The van der Waals surface area contributed by atoms with E-state index in [1.807, 2.05) is 25.7 Å². The van der Waals surface area contributed by atoms with E-state index in [0.29, 0.717) is 19.6 Å². The van der Waals surface area contributed by atoms with Crippen molar-refractivity contribution in [3.05, 3.63) is 30.1 Å². The molecule has 0 unspecified atom stereocenters. The van der Waals surface area contributed by atoms with Crippen molar-refractivity contribution in [3.63, 3.8) is 0 Å². The van der Waals surface area contributed by atoms with E-state index in [-0.39, 0.29) is 23.7 Å². The van der Waals surface area contributed by atoms with Gasteiger partial charge in [-0.2, -0.15) is 0 Å². The molecule has 0 aliphatic carbocycles. The van der Waals surface area contributed by atoms with Crippen molar-refractivity contribution in [1.82, 2.24) is 4.90 Å². The van der Waals surface area contributed by atoms with Gasteiger partial charge >= 0.3 is 0 Å². The number of nitrogens with zero attached hydrogens (tertiary/aromatic N) is 1. The van der Waals surface area contributed by atoms with Gasteiger partial charge in [-0.15, -0.1) is 0 Å². The second-order valence-electron chi connectivity index (χ2n) is 6.13. The first kappa shape index (κ1) is 17.7. The van der Waals surface area contributed by atoms with Gasteiger partial charge in [0.2, 0.25) is 0 Å². The number of hydrogen-bond acceptors (Lipinski definition) is 3. The molecule has 1 fully saturated rings. The first-order valence-electron chi connectivity index (χ1n) is 8.35. The maximum Gasteiger partial charge on any atom is 0.264 e. The van der Waals surface area contributed by atoms with Crippen LogP contribution in [0.1, 0.15) is 40.0 Å². The summed E-state index contributed by atoms with van der Waals surface area (Å²) < 4.78 is 24.9. The van der Waals surface area contributed by atoms with E-state index < -0.39 is 11.9 Å². The molecular weight excluding hydrogens is 297 g/mol. The van der Waals surface area contributed by atoms with Gasteiger partial charge in [-0.3, -0.25) is 4.79 Å². The van der Waals surface area contributed by atoms with Gasteiger partial charge in [0.25, 0.3) is 5.91 Å². The van der Waals surface area contributed by atoms with Crippen LogP contribution in [0.2, 0.25) is 0 Å². The van der Waals surface area contributed by atoms with Crippen LogP contribution in [0.15, 0.2) is 24.3 Å². The van der Waals surface area contributed by atoms with E-state index in [4.69, 9.17) is 9.47 Å². The van der Waals surface area contributed by atoms with Crippen LogP contribution >= 0.6 is 0 Å². The molecule has 2 rings (SSSR count). The highest BCUT2D eigenvalue weighted by Gasteiger charge is 2.33. The fourth-order valence-corrected chi connectivity index (χ4v) is 2.99. The molecule has 5 heteroatoms. The highest BCUT2D eigenvalue weighted by atomic mass is 19.1. The number of ether oxygens (including phenoxy) is 2. The van der Waals surface area contributed by atoms with Crippen LogP contribution in [0.3, 0.4) is 0 Å². The zero-order valence-electron chi connectivity index (χ0n) is 14.1. The summed E-state index contributed by atoms with van der Waals surface area (Å²) >= 11 is 0. The van der Waals surface area contributed by atoms with E-state index in [1.165, 1.54) is 6.07 Å². The topological polar surface area (TPSA) is 38.8 Å². The van der Waals surface area contributed by atoms with Crippen LogP contribution < -0.4 is 4.74 Å². The molecular formula is C18H26FNO3. The minimum atomic E-state index is -0.669. The van der Waals surface area contributed by atoms with Gasteiger partial charge in [-0.05, 0) is 45.2 Å². The second-order valence-corrected chi connectivity index (χ2v) is 6.13. The molecule has 0 aromatic heterocycles. The molecule has 1 atom stereocenters. The van der Waals surface area contributed by atoms with E-state index in [2.05, 4.69) is 0 Å². The number of hydrogen-bond donors (Lipinski definition) is 0. The monoisotopic (exact) mass is 323 g/mol. The first-order chi connectivity index (χ1) is 11.0. The molecule has 1 heterocycles. The molecule has 1 aromatic rings. The summed E-state index contributed by atoms with van der Waals surface area (Å²) in [7, 11) is 0. The third-order valence-electron chi connectivity index (χ3n) is 4.15. The number of carbonyl (C=O) groups is 1. The number of carbonyl (C=O) groups excluding carboxylic acids is 1. The minimum absolute atomic E-state index is 0.0716. The molecule has 1 amide bonds. The normalized spacial score (nSPS) is 17.1. The van der Waals surface area contributed by atoms with Gasteiger partial charge in [0.15, 0.2) is 17.7 Å². The average molecular weight is 323 g/mol. The van der Waals surface area contributed by atoms with Crippen molar-refractivity contribution in [1.29, 1.82) is 0 Å². The molecule has 128 valence electrons. The van der Waals surface area contributed by atoms with Crippen LogP contribution in [-0.2, 0) is 9.53 Å². The highest BCUT2D eigenvalue weighted by Crippen LogP contribution is 2.23. The molecule has 1 aliphatic heterocycles. The van der Waals surface area contributed by atoms with Crippen molar-refractivity contribution in [2.24, 2.45) is 0 Å². The lowest BCUT2D eigenvalue weighted by Gasteiger charge is -2.39. The van der Waals surface area contributed by atoms with Gasteiger partial charge in [-0.1, -0.05) is 19.1 Å². The quantitative estimate of drug-likeness (QED) is 0.805. The summed E-state index contributed by atoms with van der Waals surface area (Å²) in [5.41, 5.74) is 0. The molecule has 0 bridgehead atoms. The van der Waals surface area contributed by atoms with Crippen LogP contribution in [0.5, 0.6) is 5.75 Å². The minimum Gasteiger partial charge on any atom is -0.478 e. The standard InChI is InChI=1S/C18H26FNO3/c1-4-16(23-17-8-6-5-7-15(17)19)18(21)20(13(2)3)14-9-11-22-12-10-14/h5-8,13-14,16H,4,9-12H2,1-3H3/t16-/m1/s1. The van der Waals surface area contributed by atoms with Gasteiger partial charge in [0.05, 0.1) is 0 Å². The fourth-order valence-electron chi connectivity index (χ4n) is 2.99. The van der Waals surface area contributed by atoms with Crippen molar-refractivity contribution in [3.8, 4) is 5.75 Å². The Morgan fingerprint density at radius 2 is 2.00 bits per heavy atom. The summed E-state index contributed by atoms with van der Waals surface area (Å²) in [5.74, 6) is -0.387. The Morgan fingerprint density at radius 1 is 1.35 bits per heavy atom. The Balaban J connectivity index is 2.14. The van der Waals surface area contributed by atoms with E-state index in [0.717, 1.165) is 12.8 Å². The zero-order chi connectivity index (χ0) is 16.8. The number of para-hydroxylation sites is 1. The van der Waals surface area contributed by atoms with Crippen molar-refractivity contribution < 1.29 is 18.7 Å². The number of rotatable bonds is 6. The summed E-state index contributed by atoms with van der Waals surface area (Å²) in [6, 6.07) is 6.44. The summed E-state index contributed by atoms with van der Waals surface area (Å²) in [4.78, 5) is 14.9. The Hall–Kier alpha value is -1.62. The maximum absolute atomic E-state index is 13.8. The van der Waals surface area contributed by atoms with Crippen molar-refractivity contribution in [2.75, 3.05) is 13.2 Å². The van der Waals surface area contributed by atoms with Gasteiger partial charge in [0, 0.05) is 25.3 Å². The lowest BCUT2D eigenvalue weighted by molar-refractivity contribution is -0.145. The molecule has 23 heavy (non-hydrogen) atoms. The van der Waals surface area contributed by atoms with Crippen LogP contribution in [0.4, 0.5) is 4.39 Å². The third-order valence-corrected chi connectivity index (χ3v) is 4.15. The molecule has 1 aliphatic rings. The zero-order valence-corrected chi connectivity index (χ0v) is 14.1. The smallest absolute Gasteiger partial charge is 0.264 e. The fraction of sp³-hybridized carbons (Fsp3) is 0.611. The van der Waals surface area contributed by atoms with Gasteiger partial charge < -0.3 is 14.4 Å². The molecule has 0 N–H and O–H groups in total. The summed E-state index contributed by atoms with van der Waals surface area (Å²) in [6.45, 7) is 7.23. The van der Waals surface area contributed by atoms with Crippen molar-refractivity contribution >= 4 is 5.91 Å². The second kappa shape index (κ2) is 8.29. The lowest BCUT2D eigenvalue weighted by atomic mass is 10.0. The van der Waals surface area contributed by atoms with Crippen LogP contribution in [0, 0.1) is 5.82 Å². The largest absolute Gasteiger partial charge is 0.478 e. The highest BCUT2D eigenvalue weighted by molar-refractivity contribution is 5.82. The molecule has 4 nitrogen and oxygen atoms in total. The van der Waals surface area contributed by atoms with Gasteiger partial charge in [0.1, 0.15) is 0 Å². The Bertz CT molecular complexity index is 515. The molecule has 1 aromatic carbocycles. The molecule has 1 saturated heterocycles. The Morgan fingerprint density at radius 3 is 2.57 bits per heavy atom. The number of amides is 1. The van der Waals surface area contributed by atoms with E-state index in [1.54, 1.807) is 18.2 Å². The predicted molar refractivity (Wildman–Crippen MR) is 86.9 cm³/mol. The molecule has 0 saturated carbocycles. The number of benzene rings is 1. The van der Waals surface area contributed by atoms with Crippen LogP contribution in [-0.4, -0.2) is 42.2 Å². The van der Waals surface area contributed by atoms with E-state index in [9.17, 15) is 9.18 Å². The summed E-state index contributed by atoms with van der Waals surface area (Å²) in [5, 5.41) is 0. The predicted octanol–water partition coefficient (Wildman–Crippen LogP) is 3.40. The Kier molecular flexibility index (Phi) is 6.39. The SMILES string of the molecule is CC[C@@H](Oc1ccccc1F)C(=O)N(C(C)C)C1CCOCC1. The first-order valence-corrected chi connectivity index (χ1v) is 8.35. The van der Waals surface area contributed by atoms with Gasteiger partial charge in [-0.25, -0.2) is 4.39 Å².